The molecule has 0 aromatic heterocycles. The van der Waals surface area contributed by atoms with Crippen molar-refractivity contribution in [2.45, 2.75) is 18.6 Å². The Labute approximate surface area is 195 Å². The van der Waals surface area contributed by atoms with Crippen LogP contribution in [0, 0.1) is 11.8 Å². The Bertz CT molecular complexity index is 1030. The van der Waals surface area contributed by atoms with Crippen LogP contribution in [0.25, 0.3) is 0 Å². The van der Waals surface area contributed by atoms with Gasteiger partial charge in [0.05, 0.1) is 40.2 Å². The Hall–Kier alpha value is -3.84. The molecule has 182 valence electrons. The van der Waals surface area contributed by atoms with Gasteiger partial charge in [-0.1, -0.05) is 30.0 Å². The lowest BCUT2D eigenvalue weighted by Crippen LogP contribution is -2.49. The minimum atomic E-state index is -5.08. The van der Waals surface area contributed by atoms with Gasteiger partial charge in [0.25, 0.3) is 5.91 Å². The lowest BCUT2D eigenvalue weighted by atomic mass is 10.1. The third-order valence-electron chi connectivity index (χ3n) is 4.04. The number of carbonyl (C=O) groups excluding carboxylic acids is 1. The van der Waals surface area contributed by atoms with Crippen molar-refractivity contribution < 1.29 is 42.3 Å². The smallest absolute Gasteiger partial charge is 0.481 e. The van der Waals surface area contributed by atoms with Gasteiger partial charge in [-0.25, -0.2) is 4.79 Å². The summed E-state index contributed by atoms with van der Waals surface area (Å²) in [4.78, 5) is 32.4. The van der Waals surface area contributed by atoms with Gasteiger partial charge < -0.3 is 20.0 Å². The van der Waals surface area contributed by atoms with Gasteiger partial charge in [0, 0.05) is 16.7 Å². The predicted octanol–water partition coefficient (Wildman–Crippen LogP) is 3.00. The van der Waals surface area contributed by atoms with Crippen LogP contribution in [0.2, 0.25) is 0 Å². The summed E-state index contributed by atoms with van der Waals surface area (Å²) in [6.07, 6.45) is -5.19. The molecular weight excluding hydrogens is 453 g/mol. The first kappa shape index (κ1) is 28.2. The fourth-order valence-corrected chi connectivity index (χ4v) is 2.67. The number of hydrogen-bond acceptors (Lipinski definition) is 3. The van der Waals surface area contributed by atoms with Crippen LogP contribution in [0.1, 0.15) is 27.9 Å². The number of nitrogens with zero attached hydrogens (tertiary/aromatic N) is 1. The van der Waals surface area contributed by atoms with Crippen molar-refractivity contribution in [3.8, 4) is 11.8 Å². The molecule has 3 N–H and O–H groups in total. The first-order chi connectivity index (χ1) is 15.7. The van der Waals surface area contributed by atoms with E-state index in [4.69, 9.17) is 15.0 Å². The molecule has 1 atom stereocenters. The lowest BCUT2D eigenvalue weighted by Gasteiger charge is -2.29. The number of benzene rings is 2. The van der Waals surface area contributed by atoms with E-state index < -0.39 is 24.2 Å². The molecule has 0 fully saturated rings. The van der Waals surface area contributed by atoms with Crippen molar-refractivity contribution in [3.05, 3.63) is 71.3 Å². The van der Waals surface area contributed by atoms with Crippen LogP contribution in [0.15, 0.2) is 54.6 Å². The number of alkyl halides is 3. The van der Waals surface area contributed by atoms with Gasteiger partial charge in [-0.15, -0.1) is 0 Å². The number of amides is 1. The summed E-state index contributed by atoms with van der Waals surface area (Å²) in [6.45, 7) is 0.526. The summed E-state index contributed by atoms with van der Waals surface area (Å²) in [5, 5.41) is 19.0. The Kier molecular flexibility index (Phi) is 10.3. The first-order valence-corrected chi connectivity index (χ1v) is 9.98. The minimum Gasteiger partial charge on any atom is -0.481 e. The maximum absolute atomic E-state index is 12.5. The fourth-order valence-electron chi connectivity index (χ4n) is 2.67. The maximum atomic E-state index is 12.5. The second kappa shape index (κ2) is 12.4. The Morgan fingerprint density at radius 2 is 1.38 bits per heavy atom. The molecule has 0 bridgehead atoms. The largest absolute Gasteiger partial charge is 0.490 e. The van der Waals surface area contributed by atoms with E-state index in [-0.39, 0.29) is 12.3 Å². The third-order valence-corrected chi connectivity index (χ3v) is 4.04. The van der Waals surface area contributed by atoms with E-state index in [9.17, 15) is 22.8 Å². The van der Waals surface area contributed by atoms with Crippen molar-refractivity contribution >= 4 is 17.8 Å². The molecule has 0 radical (unpaired) electrons. The van der Waals surface area contributed by atoms with E-state index in [1.54, 1.807) is 24.3 Å². The molecule has 0 aliphatic rings. The van der Waals surface area contributed by atoms with Crippen LogP contribution in [0.5, 0.6) is 0 Å². The van der Waals surface area contributed by atoms with Crippen LogP contribution in [0.4, 0.5) is 13.2 Å². The fraction of sp³-hybridized carbons (Fsp3) is 0.292. The molecule has 2 aromatic carbocycles. The van der Waals surface area contributed by atoms with E-state index in [1.165, 1.54) is 0 Å². The number of carbonyl (C=O) groups is 3. The summed E-state index contributed by atoms with van der Waals surface area (Å²) in [6, 6.07) is 16.2. The zero-order valence-electron chi connectivity index (χ0n) is 18.9. The summed E-state index contributed by atoms with van der Waals surface area (Å²) >= 11 is 0. The van der Waals surface area contributed by atoms with E-state index in [0.717, 1.165) is 11.1 Å². The van der Waals surface area contributed by atoms with Crippen LogP contribution < -0.4 is 5.32 Å². The summed E-state index contributed by atoms with van der Waals surface area (Å²) < 4.78 is 32.3. The van der Waals surface area contributed by atoms with Gasteiger partial charge in [0.15, 0.2) is 0 Å². The van der Waals surface area contributed by atoms with Crippen molar-refractivity contribution in [2.24, 2.45) is 0 Å². The number of carboxylic acid groups (broad SMARTS) is 2. The van der Waals surface area contributed by atoms with Crippen LogP contribution in [0.3, 0.4) is 0 Å². The summed E-state index contributed by atoms with van der Waals surface area (Å²) in [5.41, 5.74) is 2.22. The first-order valence-electron chi connectivity index (χ1n) is 9.98. The van der Waals surface area contributed by atoms with E-state index in [1.807, 2.05) is 51.5 Å². The number of hydrogen-bond donors (Lipinski definition) is 3. The number of quaternary nitrogens is 1. The van der Waals surface area contributed by atoms with Crippen molar-refractivity contribution in [3.63, 3.8) is 0 Å². The second-order valence-corrected chi connectivity index (χ2v) is 8.24. The molecule has 0 unspecified atom stereocenters. The molecule has 2 aromatic rings. The Morgan fingerprint density at radius 1 is 0.912 bits per heavy atom. The highest BCUT2D eigenvalue weighted by molar-refractivity contribution is 5.94. The van der Waals surface area contributed by atoms with Crippen LogP contribution >= 0.6 is 0 Å². The van der Waals surface area contributed by atoms with Crippen LogP contribution in [-0.4, -0.2) is 72.4 Å². The average molecular weight is 479 g/mol. The number of carboxylic acids is 2. The normalized spacial score (nSPS) is 11.7. The van der Waals surface area contributed by atoms with Crippen molar-refractivity contribution in [1.82, 2.24) is 5.32 Å². The minimum absolute atomic E-state index is 0.109. The number of aliphatic carboxylic acids is 2. The van der Waals surface area contributed by atoms with Crippen molar-refractivity contribution in [2.75, 3.05) is 27.7 Å². The molecule has 0 spiro atoms. The van der Waals surface area contributed by atoms with Crippen LogP contribution in [-0.2, 0) is 9.59 Å². The van der Waals surface area contributed by atoms with E-state index in [0.29, 0.717) is 16.6 Å². The third kappa shape index (κ3) is 11.7. The van der Waals surface area contributed by atoms with Gasteiger partial charge in [0.1, 0.15) is 0 Å². The lowest BCUT2D eigenvalue weighted by molar-refractivity contribution is -0.871. The maximum Gasteiger partial charge on any atom is 0.490 e. The molecule has 7 nitrogen and oxygen atoms in total. The molecule has 34 heavy (non-hydrogen) atoms. The second-order valence-electron chi connectivity index (χ2n) is 8.24. The molecule has 10 heteroatoms. The monoisotopic (exact) mass is 479 g/mol. The highest BCUT2D eigenvalue weighted by Crippen LogP contribution is 2.13. The molecule has 1 amide bonds. The standard InChI is InChI=1S/C22H24N2O3.C2HF3O2/c1-24(2,3)16-20(15-21(25)26)23-22(27)19-13-11-18(12-14-19)10-9-17-7-5-4-6-8-17;3-2(4,5)1(6)7/h4-8,11-14,20H,15-16H2,1-3H3,(H-,23,25,26,27);(H,6,7)/p+1/t20-;/m1./s1. The van der Waals surface area contributed by atoms with E-state index >= 15 is 0 Å². The number of likely N-dealkylation sites (N-methyl/N-ethyl adjacent to an activating group) is 1. The molecule has 0 heterocycles. The van der Waals surface area contributed by atoms with Gasteiger partial charge in [-0.3, -0.25) is 9.59 Å². The molecule has 0 aliphatic carbocycles. The zero-order chi connectivity index (χ0) is 25.9. The Balaban J connectivity index is 0.000000718. The average Bonchev–Trinajstić information content (AvgIpc) is 2.71. The van der Waals surface area contributed by atoms with E-state index in [2.05, 4.69) is 17.2 Å². The SMILES string of the molecule is C[N+](C)(C)C[C@@H](CC(=O)O)NC(=O)c1ccc(C#Cc2ccccc2)cc1.O=C(O)C(F)(F)F. The van der Waals surface area contributed by atoms with Gasteiger partial charge >= 0.3 is 18.1 Å². The molecule has 0 aliphatic heterocycles. The topological polar surface area (TPSA) is 104 Å². The number of nitrogens with one attached hydrogen (secondary N) is 1. The molecule has 0 saturated heterocycles. The number of halogens is 3. The van der Waals surface area contributed by atoms with Gasteiger partial charge in [-0.05, 0) is 36.4 Å². The molecular formula is C24H26F3N2O5+. The summed E-state index contributed by atoms with van der Waals surface area (Å²) in [5.74, 6) is 2.17. The highest BCUT2D eigenvalue weighted by atomic mass is 19.4. The quantitative estimate of drug-likeness (QED) is 0.437. The number of rotatable bonds is 6. The summed E-state index contributed by atoms with van der Waals surface area (Å²) in [7, 11) is 5.88. The highest BCUT2D eigenvalue weighted by Gasteiger charge is 2.38. The molecule has 0 saturated carbocycles. The predicted molar refractivity (Wildman–Crippen MR) is 119 cm³/mol. The molecule has 2 rings (SSSR count). The van der Waals surface area contributed by atoms with Gasteiger partial charge in [0.2, 0.25) is 0 Å². The zero-order valence-corrected chi connectivity index (χ0v) is 18.9. The Morgan fingerprint density at radius 3 is 1.79 bits per heavy atom. The van der Waals surface area contributed by atoms with Gasteiger partial charge in [-0.2, -0.15) is 13.2 Å². The van der Waals surface area contributed by atoms with Crippen molar-refractivity contribution in [1.29, 1.82) is 0 Å².